The van der Waals surface area contributed by atoms with Gasteiger partial charge in [0.15, 0.2) is 5.69 Å². The van der Waals surface area contributed by atoms with Crippen molar-refractivity contribution in [3.05, 3.63) is 46.5 Å². The second kappa shape index (κ2) is 8.38. The molecule has 2 aliphatic heterocycles. The number of halogens is 1. The third-order valence-electron chi connectivity index (χ3n) is 6.78. The standard InChI is InChI=1S/C23H31FN4O2/c1-4-20-16(2)21(26-25-20)22(29)28-11-9-23(15-28)8-5-10-27(14-23)13-17-12-18(30-3)6-7-19(17)24/h6-7,12H,4-5,8-11,13-15H2,1-3H3,(H,25,26)/t23-/m0/s1. The summed E-state index contributed by atoms with van der Waals surface area (Å²) in [5, 5.41) is 7.28. The molecule has 3 heterocycles. The number of aryl methyl sites for hydroxylation is 1. The largest absolute Gasteiger partial charge is 0.497 e. The van der Waals surface area contributed by atoms with Crippen molar-refractivity contribution < 1.29 is 13.9 Å². The Hall–Kier alpha value is -2.41. The van der Waals surface area contributed by atoms with E-state index in [1.54, 1.807) is 19.2 Å². The smallest absolute Gasteiger partial charge is 0.274 e. The molecule has 2 aliphatic rings. The molecule has 7 heteroatoms. The van der Waals surface area contributed by atoms with E-state index >= 15 is 0 Å². The van der Waals surface area contributed by atoms with Crippen molar-refractivity contribution in [2.24, 2.45) is 5.41 Å². The van der Waals surface area contributed by atoms with Crippen LogP contribution in [0.2, 0.25) is 0 Å². The SMILES string of the molecule is CCc1[nH]nc(C(=O)N2CC[C@]3(CCCN(Cc4cc(OC)ccc4F)C3)C2)c1C. The summed E-state index contributed by atoms with van der Waals surface area (Å²) < 4.78 is 19.6. The van der Waals surface area contributed by atoms with E-state index in [-0.39, 0.29) is 17.1 Å². The molecule has 1 atom stereocenters. The molecule has 0 bridgehead atoms. The molecule has 0 unspecified atom stereocenters. The van der Waals surface area contributed by atoms with Crippen LogP contribution in [0.3, 0.4) is 0 Å². The Labute approximate surface area is 177 Å². The Morgan fingerprint density at radius 1 is 1.30 bits per heavy atom. The van der Waals surface area contributed by atoms with E-state index in [1.165, 1.54) is 6.07 Å². The van der Waals surface area contributed by atoms with Gasteiger partial charge in [-0.2, -0.15) is 5.10 Å². The van der Waals surface area contributed by atoms with Crippen molar-refractivity contribution in [3.8, 4) is 5.75 Å². The molecule has 0 aliphatic carbocycles. The molecule has 1 amide bonds. The molecule has 0 radical (unpaired) electrons. The number of nitrogens with one attached hydrogen (secondary N) is 1. The van der Waals surface area contributed by atoms with E-state index in [2.05, 4.69) is 22.0 Å². The molecule has 4 rings (SSSR count). The first kappa shape index (κ1) is 20.8. The summed E-state index contributed by atoms with van der Waals surface area (Å²) in [6, 6.07) is 4.91. The minimum atomic E-state index is -0.195. The number of nitrogens with zero attached hydrogens (tertiary/aromatic N) is 3. The molecule has 1 aromatic carbocycles. The molecule has 2 aromatic rings. The lowest BCUT2D eigenvalue weighted by molar-refractivity contribution is 0.0668. The van der Waals surface area contributed by atoms with Gasteiger partial charge in [0.1, 0.15) is 11.6 Å². The van der Waals surface area contributed by atoms with Crippen molar-refractivity contribution in [1.82, 2.24) is 20.0 Å². The lowest BCUT2D eigenvalue weighted by Gasteiger charge is -2.40. The summed E-state index contributed by atoms with van der Waals surface area (Å²) in [5.74, 6) is 0.507. The van der Waals surface area contributed by atoms with Crippen LogP contribution in [0.15, 0.2) is 18.2 Å². The molecule has 162 valence electrons. The topological polar surface area (TPSA) is 61.5 Å². The molecular weight excluding hydrogens is 383 g/mol. The van der Waals surface area contributed by atoms with Crippen LogP contribution in [0, 0.1) is 18.2 Å². The minimum absolute atomic E-state index is 0.0243. The van der Waals surface area contributed by atoms with Gasteiger partial charge < -0.3 is 9.64 Å². The fraction of sp³-hybridized carbons (Fsp3) is 0.565. The zero-order valence-electron chi connectivity index (χ0n) is 18.1. The Morgan fingerprint density at radius 2 is 2.13 bits per heavy atom. The maximum Gasteiger partial charge on any atom is 0.274 e. The summed E-state index contributed by atoms with van der Waals surface area (Å²) >= 11 is 0. The highest BCUT2D eigenvalue weighted by Crippen LogP contribution is 2.40. The van der Waals surface area contributed by atoms with Gasteiger partial charge in [-0.25, -0.2) is 4.39 Å². The van der Waals surface area contributed by atoms with E-state index < -0.39 is 0 Å². The third-order valence-corrected chi connectivity index (χ3v) is 6.78. The van der Waals surface area contributed by atoms with Gasteiger partial charge in [0.2, 0.25) is 0 Å². The number of hydrogen-bond acceptors (Lipinski definition) is 4. The molecular formula is C23H31FN4O2. The molecule has 1 N–H and O–H groups in total. The van der Waals surface area contributed by atoms with Gasteiger partial charge in [0.05, 0.1) is 7.11 Å². The zero-order chi connectivity index (χ0) is 21.3. The number of likely N-dealkylation sites (tertiary alicyclic amines) is 2. The molecule has 30 heavy (non-hydrogen) atoms. The van der Waals surface area contributed by atoms with Gasteiger partial charge in [0, 0.05) is 48.4 Å². The van der Waals surface area contributed by atoms with Crippen molar-refractivity contribution in [1.29, 1.82) is 0 Å². The highest BCUT2D eigenvalue weighted by molar-refractivity contribution is 5.94. The lowest BCUT2D eigenvalue weighted by Crippen LogP contribution is -2.45. The van der Waals surface area contributed by atoms with E-state index in [0.717, 1.165) is 63.1 Å². The van der Waals surface area contributed by atoms with Crippen molar-refractivity contribution >= 4 is 5.91 Å². The first-order valence-corrected chi connectivity index (χ1v) is 10.8. The number of aromatic amines is 1. The predicted octanol–water partition coefficient (Wildman–Crippen LogP) is 3.56. The van der Waals surface area contributed by atoms with Gasteiger partial charge in [-0.1, -0.05) is 6.92 Å². The minimum Gasteiger partial charge on any atom is -0.497 e. The van der Waals surface area contributed by atoms with E-state index in [9.17, 15) is 9.18 Å². The van der Waals surface area contributed by atoms with E-state index in [4.69, 9.17) is 4.74 Å². The summed E-state index contributed by atoms with van der Waals surface area (Å²) in [4.78, 5) is 17.4. The third kappa shape index (κ3) is 3.95. The average Bonchev–Trinajstić information content (AvgIpc) is 3.32. The van der Waals surface area contributed by atoms with Crippen LogP contribution in [0.1, 0.15) is 53.5 Å². The first-order chi connectivity index (χ1) is 14.4. The average molecular weight is 415 g/mol. The quantitative estimate of drug-likeness (QED) is 0.813. The second-order valence-corrected chi connectivity index (χ2v) is 8.78. The number of carbonyl (C=O) groups is 1. The Balaban J connectivity index is 1.44. The Bertz CT molecular complexity index is 928. The molecule has 1 aromatic heterocycles. The molecule has 1 spiro atoms. The van der Waals surface area contributed by atoms with Gasteiger partial charge in [0.25, 0.3) is 5.91 Å². The number of aromatic nitrogens is 2. The van der Waals surface area contributed by atoms with Crippen LogP contribution in [0.25, 0.3) is 0 Å². The van der Waals surface area contributed by atoms with E-state index in [0.29, 0.717) is 23.6 Å². The number of H-pyrrole nitrogens is 1. The molecule has 2 fully saturated rings. The summed E-state index contributed by atoms with van der Waals surface area (Å²) in [5.41, 5.74) is 3.28. The second-order valence-electron chi connectivity index (χ2n) is 8.78. The van der Waals surface area contributed by atoms with Crippen molar-refractivity contribution in [2.45, 2.75) is 46.1 Å². The lowest BCUT2D eigenvalue weighted by atomic mass is 9.79. The Morgan fingerprint density at radius 3 is 2.87 bits per heavy atom. The Kier molecular flexibility index (Phi) is 5.82. The van der Waals surface area contributed by atoms with Crippen LogP contribution in [0.4, 0.5) is 4.39 Å². The van der Waals surface area contributed by atoms with Crippen LogP contribution < -0.4 is 4.74 Å². The van der Waals surface area contributed by atoms with Gasteiger partial charge in [-0.3, -0.25) is 14.8 Å². The van der Waals surface area contributed by atoms with Crippen molar-refractivity contribution in [3.63, 3.8) is 0 Å². The number of rotatable bonds is 5. The number of amides is 1. The number of methoxy groups -OCH3 is 1. The highest BCUT2D eigenvalue weighted by Gasteiger charge is 2.43. The number of hydrogen-bond donors (Lipinski definition) is 1. The summed E-state index contributed by atoms with van der Waals surface area (Å²) in [6.45, 7) is 7.92. The van der Waals surface area contributed by atoms with E-state index in [1.807, 2.05) is 11.8 Å². The normalized spacial score (nSPS) is 22.1. The highest BCUT2D eigenvalue weighted by atomic mass is 19.1. The monoisotopic (exact) mass is 414 g/mol. The predicted molar refractivity (Wildman–Crippen MR) is 113 cm³/mol. The maximum atomic E-state index is 14.3. The summed E-state index contributed by atoms with van der Waals surface area (Å²) in [7, 11) is 1.60. The zero-order valence-corrected chi connectivity index (χ0v) is 18.1. The number of benzene rings is 1. The first-order valence-electron chi connectivity index (χ1n) is 10.8. The maximum absolute atomic E-state index is 14.3. The van der Waals surface area contributed by atoms with Crippen LogP contribution >= 0.6 is 0 Å². The van der Waals surface area contributed by atoms with Gasteiger partial charge >= 0.3 is 0 Å². The van der Waals surface area contributed by atoms with Crippen LogP contribution in [-0.4, -0.2) is 59.2 Å². The number of piperidine rings is 1. The fourth-order valence-electron chi connectivity index (χ4n) is 5.06. The van der Waals surface area contributed by atoms with Gasteiger partial charge in [-0.15, -0.1) is 0 Å². The van der Waals surface area contributed by atoms with Crippen LogP contribution in [-0.2, 0) is 13.0 Å². The molecule has 6 nitrogen and oxygen atoms in total. The fourth-order valence-corrected chi connectivity index (χ4v) is 5.06. The molecule has 0 saturated carbocycles. The number of carbonyl (C=O) groups excluding carboxylic acids is 1. The van der Waals surface area contributed by atoms with Crippen LogP contribution in [0.5, 0.6) is 5.75 Å². The van der Waals surface area contributed by atoms with Crippen molar-refractivity contribution in [2.75, 3.05) is 33.3 Å². The molecule has 2 saturated heterocycles. The number of ether oxygens (including phenoxy) is 1. The van der Waals surface area contributed by atoms with Gasteiger partial charge in [-0.05, 0) is 57.4 Å². The summed E-state index contributed by atoms with van der Waals surface area (Å²) in [6.07, 6.45) is 3.99.